The number of hydrogen-bond donors (Lipinski definition) is 2. The minimum atomic E-state index is -0.873. The van der Waals surface area contributed by atoms with Gasteiger partial charge < -0.3 is 10.8 Å². The fourth-order valence-electron chi connectivity index (χ4n) is 1.35. The molecule has 0 heterocycles. The summed E-state index contributed by atoms with van der Waals surface area (Å²) in [7, 11) is 0. The molecule has 0 aromatic heterocycles. The topological polar surface area (TPSA) is 63.3 Å². The van der Waals surface area contributed by atoms with Gasteiger partial charge in [0.25, 0.3) is 0 Å². The Labute approximate surface area is 97.8 Å². The lowest BCUT2D eigenvalue weighted by Crippen LogP contribution is -2.12. The number of rotatable bonds is 5. The number of hydrogen-bond acceptors (Lipinski definition) is 3. The number of benzene rings is 1. The average molecular weight is 243 g/mol. The Bertz CT molecular complexity index is 384. The minimum absolute atomic E-state index is 0.0210. The van der Waals surface area contributed by atoms with Gasteiger partial charge in [-0.1, -0.05) is 6.07 Å². The van der Waals surface area contributed by atoms with E-state index in [1.54, 1.807) is 18.4 Å². The zero-order valence-electron chi connectivity index (χ0n) is 8.94. The van der Waals surface area contributed by atoms with E-state index in [4.69, 9.17) is 10.8 Å². The molecule has 0 amide bonds. The van der Waals surface area contributed by atoms with Crippen LogP contribution in [-0.2, 0) is 4.79 Å². The maximum atomic E-state index is 13.2. The second kappa shape index (κ2) is 5.86. The van der Waals surface area contributed by atoms with Gasteiger partial charge in [0.05, 0.1) is 0 Å². The van der Waals surface area contributed by atoms with Gasteiger partial charge >= 0.3 is 5.97 Å². The molecule has 1 atom stereocenters. The minimum Gasteiger partial charge on any atom is -0.481 e. The van der Waals surface area contributed by atoms with E-state index >= 15 is 0 Å². The van der Waals surface area contributed by atoms with Crippen LogP contribution in [0.3, 0.4) is 0 Å². The quantitative estimate of drug-likeness (QED) is 0.779. The van der Waals surface area contributed by atoms with Gasteiger partial charge in [0, 0.05) is 17.4 Å². The predicted octanol–water partition coefficient (Wildman–Crippen LogP) is 2.41. The molecule has 1 aromatic rings. The molecule has 0 fully saturated rings. The lowest BCUT2D eigenvalue weighted by Gasteiger charge is -2.12. The Morgan fingerprint density at radius 1 is 1.62 bits per heavy atom. The van der Waals surface area contributed by atoms with Crippen molar-refractivity contribution in [3.8, 4) is 0 Å². The molecule has 0 saturated carbocycles. The van der Waals surface area contributed by atoms with Gasteiger partial charge in [-0.25, -0.2) is 4.39 Å². The van der Waals surface area contributed by atoms with Gasteiger partial charge in [-0.05, 0) is 30.4 Å². The molecule has 0 spiro atoms. The third-order valence-electron chi connectivity index (χ3n) is 2.27. The fourth-order valence-corrected chi connectivity index (χ4v) is 1.87. The summed E-state index contributed by atoms with van der Waals surface area (Å²) in [4.78, 5) is 10.9. The Hall–Kier alpha value is -1.07. The van der Waals surface area contributed by atoms with Crippen molar-refractivity contribution in [3.05, 3.63) is 29.6 Å². The number of aliphatic carboxylic acids is 1. The first-order valence-electron chi connectivity index (χ1n) is 4.85. The highest BCUT2D eigenvalue weighted by molar-refractivity contribution is 7.98. The third-order valence-corrected chi connectivity index (χ3v) is 3.03. The smallest absolute Gasteiger partial charge is 0.303 e. The average Bonchev–Trinajstić information content (AvgIpc) is 2.26. The van der Waals surface area contributed by atoms with Crippen LogP contribution < -0.4 is 5.73 Å². The van der Waals surface area contributed by atoms with Crippen LogP contribution in [0.25, 0.3) is 0 Å². The monoisotopic (exact) mass is 243 g/mol. The number of thioether (sulfide) groups is 1. The molecule has 1 aromatic carbocycles. The van der Waals surface area contributed by atoms with Crippen molar-refractivity contribution in [2.75, 3.05) is 6.26 Å². The third kappa shape index (κ3) is 3.50. The van der Waals surface area contributed by atoms with Crippen molar-refractivity contribution in [2.45, 2.75) is 23.8 Å². The summed E-state index contributed by atoms with van der Waals surface area (Å²) in [5.74, 6) is -1.15. The summed E-state index contributed by atoms with van der Waals surface area (Å²) in [5, 5.41) is 8.53. The van der Waals surface area contributed by atoms with Gasteiger partial charge in [-0.15, -0.1) is 11.8 Å². The van der Waals surface area contributed by atoms with E-state index in [0.717, 1.165) is 5.56 Å². The van der Waals surface area contributed by atoms with Crippen molar-refractivity contribution in [2.24, 2.45) is 5.73 Å². The van der Waals surface area contributed by atoms with Crippen LogP contribution in [0.15, 0.2) is 23.1 Å². The van der Waals surface area contributed by atoms with Crippen LogP contribution >= 0.6 is 11.8 Å². The number of carboxylic acids is 1. The lowest BCUT2D eigenvalue weighted by molar-refractivity contribution is -0.137. The Balaban J connectivity index is 2.75. The molecule has 0 saturated heterocycles. The summed E-state index contributed by atoms with van der Waals surface area (Å²) < 4.78 is 13.2. The van der Waals surface area contributed by atoms with Crippen LogP contribution in [0.2, 0.25) is 0 Å². The number of nitrogens with two attached hydrogens (primary N) is 1. The van der Waals surface area contributed by atoms with Crippen molar-refractivity contribution in [3.63, 3.8) is 0 Å². The molecule has 0 aliphatic rings. The highest BCUT2D eigenvalue weighted by Crippen LogP contribution is 2.24. The number of halogens is 1. The van der Waals surface area contributed by atoms with Crippen LogP contribution in [0.5, 0.6) is 0 Å². The van der Waals surface area contributed by atoms with Crippen molar-refractivity contribution in [1.82, 2.24) is 0 Å². The normalized spacial score (nSPS) is 12.4. The second-order valence-corrected chi connectivity index (χ2v) is 4.28. The molecule has 0 radical (unpaired) electrons. The molecule has 0 aliphatic carbocycles. The van der Waals surface area contributed by atoms with E-state index in [1.807, 2.05) is 0 Å². The van der Waals surface area contributed by atoms with Gasteiger partial charge in [0.15, 0.2) is 0 Å². The molecule has 3 nitrogen and oxygen atoms in total. The second-order valence-electron chi connectivity index (χ2n) is 3.43. The van der Waals surface area contributed by atoms with Crippen molar-refractivity contribution < 1.29 is 14.3 Å². The van der Waals surface area contributed by atoms with Crippen LogP contribution in [-0.4, -0.2) is 17.3 Å². The maximum absolute atomic E-state index is 13.2. The van der Waals surface area contributed by atoms with Crippen LogP contribution in [0, 0.1) is 5.82 Å². The molecule has 1 rings (SSSR count). The van der Waals surface area contributed by atoms with Crippen molar-refractivity contribution >= 4 is 17.7 Å². The Morgan fingerprint density at radius 3 is 2.88 bits per heavy atom. The molecular weight excluding hydrogens is 229 g/mol. The zero-order chi connectivity index (χ0) is 12.1. The van der Waals surface area contributed by atoms with E-state index < -0.39 is 5.97 Å². The van der Waals surface area contributed by atoms with Crippen LogP contribution in [0.1, 0.15) is 24.4 Å². The SMILES string of the molecule is CSc1cc(C(N)CCC(=O)O)ccc1F. The molecule has 0 bridgehead atoms. The lowest BCUT2D eigenvalue weighted by atomic mass is 10.0. The zero-order valence-corrected chi connectivity index (χ0v) is 9.76. The van der Waals surface area contributed by atoms with Gasteiger partial charge in [-0.2, -0.15) is 0 Å². The van der Waals surface area contributed by atoms with E-state index in [1.165, 1.54) is 17.8 Å². The first kappa shape index (κ1) is 13.0. The first-order chi connectivity index (χ1) is 7.54. The molecule has 16 heavy (non-hydrogen) atoms. The van der Waals surface area contributed by atoms with Crippen molar-refractivity contribution in [1.29, 1.82) is 0 Å². The predicted molar refractivity (Wildman–Crippen MR) is 62.0 cm³/mol. The fraction of sp³-hybridized carbons (Fsp3) is 0.364. The van der Waals surface area contributed by atoms with E-state index in [2.05, 4.69) is 0 Å². The maximum Gasteiger partial charge on any atom is 0.303 e. The molecular formula is C11H14FNO2S. The molecule has 5 heteroatoms. The summed E-state index contributed by atoms with van der Waals surface area (Å²) in [5.41, 5.74) is 6.59. The number of carboxylic acid groups (broad SMARTS) is 1. The van der Waals surface area contributed by atoms with E-state index in [9.17, 15) is 9.18 Å². The van der Waals surface area contributed by atoms with Crippen LogP contribution in [0.4, 0.5) is 4.39 Å². The van der Waals surface area contributed by atoms with Gasteiger partial charge in [-0.3, -0.25) is 4.79 Å². The first-order valence-corrected chi connectivity index (χ1v) is 6.08. The number of carbonyl (C=O) groups is 1. The summed E-state index contributed by atoms with van der Waals surface area (Å²) >= 11 is 1.30. The molecule has 1 unspecified atom stereocenters. The molecule has 88 valence electrons. The van der Waals surface area contributed by atoms with Gasteiger partial charge in [0.1, 0.15) is 5.82 Å². The highest BCUT2D eigenvalue weighted by Gasteiger charge is 2.10. The summed E-state index contributed by atoms with van der Waals surface area (Å²) in [6.45, 7) is 0. The standard InChI is InChI=1S/C11H14FNO2S/c1-16-10-6-7(2-3-8(10)12)9(13)4-5-11(14)15/h2-3,6,9H,4-5,13H2,1H3,(H,14,15). The Kier molecular flexibility index (Phi) is 4.76. The molecule has 0 aliphatic heterocycles. The summed E-state index contributed by atoms with van der Waals surface area (Å²) in [6, 6.07) is 4.28. The van der Waals surface area contributed by atoms with E-state index in [-0.39, 0.29) is 18.3 Å². The van der Waals surface area contributed by atoms with E-state index in [0.29, 0.717) is 11.3 Å². The molecule has 3 N–H and O–H groups in total. The highest BCUT2D eigenvalue weighted by atomic mass is 32.2. The van der Waals surface area contributed by atoms with Gasteiger partial charge in [0.2, 0.25) is 0 Å². The largest absolute Gasteiger partial charge is 0.481 e. The summed E-state index contributed by atoms with van der Waals surface area (Å²) in [6.07, 6.45) is 2.16. The Morgan fingerprint density at radius 2 is 2.31 bits per heavy atom.